The number of aryl methyl sites for hydroxylation is 1. The van der Waals surface area contributed by atoms with Crippen molar-refractivity contribution in [3.05, 3.63) is 48.5 Å². The highest BCUT2D eigenvalue weighted by atomic mass is 15.2. The van der Waals surface area contributed by atoms with Crippen LogP contribution >= 0.6 is 0 Å². The fraction of sp³-hybridized carbons (Fsp3) is 0.286. The molecule has 0 amide bonds. The Kier molecular flexibility index (Phi) is 2.49. The molecule has 0 aromatic heterocycles. The topological polar surface area (TPSA) is 15.6 Å². The largest absolute Gasteiger partial charge is 0.344 e. The van der Waals surface area contributed by atoms with Gasteiger partial charge in [-0.3, -0.25) is 4.99 Å². The summed E-state index contributed by atoms with van der Waals surface area (Å²) >= 11 is 0. The van der Waals surface area contributed by atoms with Gasteiger partial charge in [0.05, 0.1) is 6.54 Å². The molecule has 1 atom stereocenters. The van der Waals surface area contributed by atoms with Crippen LogP contribution in [0, 0.1) is 6.54 Å². The zero-order valence-corrected chi connectivity index (χ0v) is 9.21. The van der Waals surface area contributed by atoms with Gasteiger partial charge in [-0.1, -0.05) is 24.3 Å². The van der Waals surface area contributed by atoms with Crippen molar-refractivity contribution in [2.75, 3.05) is 4.90 Å². The van der Waals surface area contributed by atoms with Gasteiger partial charge in [-0.25, -0.2) is 0 Å². The van der Waals surface area contributed by atoms with Gasteiger partial charge in [-0.2, -0.15) is 0 Å². The van der Waals surface area contributed by atoms with E-state index in [9.17, 15) is 0 Å². The van der Waals surface area contributed by atoms with E-state index in [1.807, 2.05) is 12.3 Å². The predicted octanol–water partition coefficient (Wildman–Crippen LogP) is 2.96. The SMILES string of the molecule is [CH]1CCc2ccccc2N1C1CC=CC=N1. The van der Waals surface area contributed by atoms with Crippen LogP contribution in [0.1, 0.15) is 18.4 Å². The smallest absolute Gasteiger partial charge is 0.124 e. The lowest BCUT2D eigenvalue weighted by Crippen LogP contribution is -2.35. The predicted molar refractivity (Wildman–Crippen MR) is 67.6 cm³/mol. The van der Waals surface area contributed by atoms with E-state index in [0.29, 0.717) is 0 Å². The van der Waals surface area contributed by atoms with Crippen LogP contribution in [-0.2, 0) is 6.42 Å². The normalized spacial score (nSPS) is 23.2. The highest BCUT2D eigenvalue weighted by molar-refractivity contribution is 5.73. The molecule has 2 heterocycles. The zero-order valence-electron chi connectivity index (χ0n) is 9.21. The van der Waals surface area contributed by atoms with Crippen molar-refractivity contribution in [1.29, 1.82) is 0 Å². The summed E-state index contributed by atoms with van der Waals surface area (Å²) in [6.45, 7) is 2.28. The van der Waals surface area contributed by atoms with Crippen LogP contribution in [0.2, 0.25) is 0 Å². The summed E-state index contributed by atoms with van der Waals surface area (Å²) in [5.74, 6) is 0. The molecule has 1 radical (unpaired) electrons. The van der Waals surface area contributed by atoms with Crippen LogP contribution in [0.5, 0.6) is 0 Å². The van der Waals surface area contributed by atoms with Gasteiger partial charge < -0.3 is 4.90 Å². The third-order valence-corrected chi connectivity index (χ3v) is 3.16. The second-order valence-corrected chi connectivity index (χ2v) is 4.20. The number of aliphatic imine (C=N–C) groups is 1. The molecular formula is C14H15N2. The number of anilines is 1. The average molecular weight is 211 g/mol. The lowest BCUT2D eigenvalue weighted by Gasteiger charge is -2.35. The Hall–Kier alpha value is -1.57. The second kappa shape index (κ2) is 4.12. The van der Waals surface area contributed by atoms with E-state index >= 15 is 0 Å². The number of dihydropyridines is 1. The molecule has 1 aromatic rings. The summed E-state index contributed by atoms with van der Waals surface area (Å²) in [5, 5.41) is 0. The molecule has 16 heavy (non-hydrogen) atoms. The van der Waals surface area contributed by atoms with Crippen LogP contribution < -0.4 is 4.90 Å². The number of fused-ring (bicyclic) bond motifs is 1. The number of hydrogen-bond acceptors (Lipinski definition) is 2. The van der Waals surface area contributed by atoms with Crippen molar-refractivity contribution in [3.63, 3.8) is 0 Å². The van der Waals surface area contributed by atoms with Crippen molar-refractivity contribution >= 4 is 11.9 Å². The van der Waals surface area contributed by atoms with Gasteiger partial charge in [-0.15, -0.1) is 0 Å². The van der Waals surface area contributed by atoms with Crippen LogP contribution in [0.3, 0.4) is 0 Å². The molecule has 0 spiro atoms. The fourth-order valence-electron chi connectivity index (χ4n) is 2.37. The highest BCUT2D eigenvalue weighted by Gasteiger charge is 2.23. The van der Waals surface area contributed by atoms with Gasteiger partial charge >= 0.3 is 0 Å². The van der Waals surface area contributed by atoms with Crippen LogP contribution in [0.15, 0.2) is 41.4 Å². The van der Waals surface area contributed by atoms with Gasteiger partial charge in [0.1, 0.15) is 6.17 Å². The molecular weight excluding hydrogens is 196 g/mol. The Balaban J connectivity index is 1.92. The number of allylic oxidation sites excluding steroid dienone is 1. The quantitative estimate of drug-likeness (QED) is 0.697. The molecule has 0 N–H and O–H groups in total. The lowest BCUT2D eigenvalue weighted by atomic mass is 10.0. The number of para-hydroxylation sites is 1. The van der Waals surface area contributed by atoms with Gasteiger partial charge in [0.15, 0.2) is 0 Å². The lowest BCUT2D eigenvalue weighted by molar-refractivity contribution is 0.627. The van der Waals surface area contributed by atoms with E-state index in [1.54, 1.807) is 0 Å². The summed E-state index contributed by atoms with van der Waals surface area (Å²) in [7, 11) is 0. The average Bonchev–Trinajstić information content (AvgIpc) is 2.39. The molecule has 2 heteroatoms. The van der Waals surface area contributed by atoms with Gasteiger partial charge in [0.25, 0.3) is 0 Å². The molecule has 0 fully saturated rings. The van der Waals surface area contributed by atoms with Gasteiger partial charge in [-0.05, 0) is 30.5 Å². The number of rotatable bonds is 1. The Bertz CT molecular complexity index is 434. The summed E-state index contributed by atoms with van der Waals surface area (Å²) in [4.78, 5) is 6.85. The summed E-state index contributed by atoms with van der Waals surface area (Å²) < 4.78 is 0. The maximum Gasteiger partial charge on any atom is 0.124 e. The first-order chi connectivity index (χ1) is 7.95. The molecule has 0 saturated heterocycles. The minimum Gasteiger partial charge on any atom is -0.344 e. The molecule has 81 valence electrons. The van der Waals surface area contributed by atoms with E-state index in [-0.39, 0.29) is 6.17 Å². The molecule has 0 saturated carbocycles. The zero-order chi connectivity index (χ0) is 10.8. The third-order valence-electron chi connectivity index (χ3n) is 3.16. The van der Waals surface area contributed by atoms with Crippen molar-refractivity contribution in [2.24, 2.45) is 4.99 Å². The Labute approximate surface area is 96.3 Å². The number of hydrogen-bond donors (Lipinski definition) is 0. The summed E-state index contributed by atoms with van der Waals surface area (Å²) in [6, 6.07) is 8.64. The first kappa shape index (κ1) is 9.64. The highest BCUT2D eigenvalue weighted by Crippen LogP contribution is 2.31. The van der Waals surface area contributed by atoms with Crippen molar-refractivity contribution in [3.8, 4) is 0 Å². The maximum atomic E-state index is 4.53. The Morgan fingerprint density at radius 2 is 2.19 bits per heavy atom. The molecule has 0 aliphatic carbocycles. The molecule has 2 nitrogen and oxygen atoms in total. The molecule has 0 bridgehead atoms. The Morgan fingerprint density at radius 3 is 3.06 bits per heavy atom. The van der Waals surface area contributed by atoms with Crippen molar-refractivity contribution in [2.45, 2.75) is 25.4 Å². The maximum absolute atomic E-state index is 4.53. The van der Waals surface area contributed by atoms with Gasteiger partial charge in [0.2, 0.25) is 0 Å². The van der Waals surface area contributed by atoms with E-state index in [1.165, 1.54) is 11.3 Å². The minimum absolute atomic E-state index is 0.256. The fourth-order valence-corrected chi connectivity index (χ4v) is 2.37. The number of benzene rings is 1. The molecule has 3 rings (SSSR count). The van der Waals surface area contributed by atoms with E-state index < -0.39 is 0 Å². The number of nitrogens with zero attached hydrogens (tertiary/aromatic N) is 2. The standard InChI is InChI=1S/C14H15N2/c1-2-8-13-12(6-1)7-5-11-16(13)14-9-3-4-10-15-14/h1-4,6,8,10-11,14H,5,7,9H2. The first-order valence-corrected chi connectivity index (χ1v) is 5.83. The van der Waals surface area contributed by atoms with Crippen LogP contribution in [-0.4, -0.2) is 12.4 Å². The van der Waals surface area contributed by atoms with Crippen LogP contribution in [0.4, 0.5) is 5.69 Å². The third kappa shape index (κ3) is 1.64. The van der Waals surface area contributed by atoms with Crippen molar-refractivity contribution < 1.29 is 0 Å². The first-order valence-electron chi connectivity index (χ1n) is 5.83. The molecule has 1 unspecified atom stereocenters. The Morgan fingerprint density at radius 1 is 1.25 bits per heavy atom. The van der Waals surface area contributed by atoms with Gasteiger partial charge in [0, 0.05) is 18.3 Å². The second-order valence-electron chi connectivity index (χ2n) is 4.20. The monoisotopic (exact) mass is 211 g/mol. The molecule has 2 aliphatic rings. The van der Waals surface area contributed by atoms with E-state index in [2.05, 4.69) is 46.8 Å². The molecule has 2 aliphatic heterocycles. The molecule has 1 aromatic carbocycles. The van der Waals surface area contributed by atoms with E-state index in [4.69, 9.17) is 0 Å². The summed E-state index contributed by atoms with van der Waals surface area (Å²) in [5.41, 5.74) is 2.76. The van der Waals surface area contributed by atoms with E-state index in [0.717, 1.165) is 19.3 Å². The minimum atomic E-state index is 0.256. The summed E-state index contributed by atoms with van der Waals surface area (Å²) in [6.07, 6.45) is 9.63. The van der Waals surface area contributed by atoms with Crippen LogP contribution in [0.25, 0.3) is 0 Å². The van der Waals surface area contributed by atoms with Crippen molar-refractivity contribution in [1.82, 2.24) is 0 Å².